The van der Waals surface area contributed by atoms with Crippen LogP contribution in [0.3, 0.4) is 0 Å². The molecule has 5 heteroatoms. The van der Waals surface area contributed by atoms with Crippen LogP contribution in [0.25, 0.3) is 16.8 Å². The van der Waals surface area contributed by atoms with Crippen molar-refractivity contribution in [1.82, 2.24) is 5.32 Å². The molecular weight excluding hydrogens is 366 g/mol. The minimum Gasteiger partial charge on any atom is -0.488 e. The predicted molar refractivity (Wildman–Crippen MR) is 114 cm³/mol. The van der Waals surface area contributed by atoms with E-state index in [-0.39, 0.29) is 6.61 Å². The van der Waals surface area contributed by atoms with Gasteiger partial charge in [-0.25, -0.2) is 4.79 Å². The predicted octanol–water partition coefficient (Wildman–Crippen LogP) is 4.53. The van der Waals surface area contributed by atoms with Crippen molar-refractivity contribution in [1.29, 1.82) is 0 Å². The molecule has 1 amide bonds. The first-order valence-corrected chi connectivity index (χ1v) is 9.30. The van der Waals surface area contributed by atoms with E-state index in [2.05, 4.69) is 5.32 Å². The molecule has 2 N–H and O–H groups in total. The second-order valence-electron chi connectivity index (χ2n) is 7.17. The number of ether oxygens (including phenoxy) is 1. The van der Waals surface area contributed by atoms with E-state index >= 15 is 0 Å². The third kappa shape index (κ3) is 4.82. The second-order valence-corrected chi connectivity index (χ2v) is 7.17. The Kier molecular flexibility index (Phi) is 5.98. The molecular formula is C24H23NO4. The van der Waals surface area contributed by atoms with E-state index in [9.17, 15) is 14.7 Å². The van der Waals surface area contributed by atoms with E-state index in [1.54, 1.807) is 6.07 Å². The van der Waals surface area contributed by atoms with Crippen molar-refractivity contribution in [3.63, 3.8) is 0 Å². The summed E-state index contributed by atoms with van der Waals surface area (Å²) in [5, 5.41) is 13.6. The number of carboxylic acids is 1. The number of fused-ring (bicyclic) bond motifs is 1. The summed E-state index contributed by atoms with van der Waals surface area (Å²) >= 11 is 0. The van der Waals surface area contributed by atoms with Gasteiger partial charge in [0, 0.05) is 5.39 Å². The van der Waals surface area contributed by atoms with Crippen LogP contribution in [-0.2, 0) is 4.79 Å². The van der Waals surface area contributed by atoms with E-state index in [0.717, 1.165) is 16.3 Å². The quantitative estimate of drug-likeness (QED) is 0.623. The smallest absolute Gasteiger partial charge is 0.328 e. The highest BCUT2D eigenvalue weighted by Crippen LogP contribution is 2.30. The Morgan fingerprint density at radius 3 is 2.41 bits per heavy atom. The minimum atomic E-state index is -1.40. The Balaban J connectivity index is 1.89. The molecule has 0 bridgehead atoms. The first-order chi connectivity index (χ1) is 13.9. The van der Waals surface area contributed by atoms with Gasteiger partial charge in [0.2, 0.25) is 0 Å². The molecule has 0 radical (unpaired) electrons. The van der Waals surface area contributed by atoms with Crippen LogP contribution >= 0.6 is 0 Å². The Labute approximate surface area is 169 Å². The summed E-state index contributed by atoms with van der Waals surface area (Å²) < 4.78 is 5.97. The Morgan fingerprint density at radius 2 is 1.69 bits per heavy atom. The molecule has 0 unspecified atom stereocenters. The third-order valence-electron chi connectivity index (χ3n) is 4.52. The fourth-order valence-electron chi connectivity index (χ4n) is 2.86. The van der Waals surface area contributed by atoms with Crippen LogP contribution in [0.15, 0.2) is 72.8 Å². The first-order valence-electron chi connectivity index (χ1n) is 9.30. The second kappa shape index (κ2) is 8.61. The lowest BCUT2D eigenvalue weighted by Gasteiger charge is -2.22. The molecule has 0 aromatic heterocycles. The van der Waals surface area contributed by atoms with E-state index in [4.69, 9.17) is 4.74 Å². The number of hydrogen-bond donors (Lipinski definition) is 2. The van der Waals surface area contributed by atoms with E-state index < -0.39 is 17.4 Å². The highest BCUT2D eigenvalue weighted by Gasteiger charge is 2.30. The zero-order chi connectivity index (χ0) is 20.9. The summed E-state index contributed by atoms with van der Waals surface area (Å²) in [5.41, 5.74) is -0.0472. The zero-order valence-corrected chi connectivity index (χ0v) is 16.4. The number of amides is 1. The van der Waals surface area contributed by atoms with Crippen LogP contribution in [0.1, 0.15) is 29.8 Å². The van der Waals surface area contributed by atoms with E-state index in [0.29, 0.717) is 11.3 Å². The van der Waals surface area contributed by atoms with Gasteiger partial charge >= 0.3 is 5.97 Å². The normalized spacial score (nSPS) is 11.5. The first kappa shape index (κ1) is 20.1. The summed E-state index contributed by atoms with van der Waals surface area (Å²) in [4.78, 5) is 24.2. The van der Waals surface area contributed by atoms with Crippen LogP contribution in [0.4, 0.5) is 0 Å². The van der Waals surface area contributed by atoms with Gasteiger partial charge in [-0.1, -0.05) is 66.7 Å². The van der Waals surface area contributed by atoms with Crippen LogP contribution in [0.5, 0.6) is 5.75 Å². The van der Waals surface area contributed by atoms with Gasteiger partial charge in [0.25, 0.3) is 5.91 Å². The molecule has 5 nitrogen and oxygen atoms in total. The number of carbonyl (C=O) groups excluding carboxylic acids is 1. The summed E-state index contributed by atoms with van der Waals surface area (Å²) in [6.07, 6.45) is 3.82. The lowest BCUT2D eigenvalue weighted by molar-refractivity contribution is -0.143. The van der Waals surface area contributed by atoms with Crippen LogP contribution in [0, 0.1) is 0 Å². The van der Waals surface area contributed by atoms with Crippen LogP contribution in [0.2, 0.25) is 0 Å². The van der Waals surface area contributed by atoms with Gasteiger partial charge in [0.05, 0.1) is 5.56 Å². The van der Waals surface area contributed by atoms with E-state index in [1.165, 1.54) is 13.8 Å². The maximum absolute atomic E-state index is 12.8. The zero-order valence-electron chi connectivity index (χ0n) is 16.4. The molecule has 0 aliphatic heterocycles. The highest BCUT2D eigenvalue weighted by molar-refractivity contribution is 6.05. The van der Waals surface area contributed by atoms with Gasteiger partial charge in [0.15, 0.2) is 0 Å². The molecule has 148 valence electrons. The largest absolute Gasteiger partial charge is 0.488 e. The van der Waals surface area contributed by atoms with Gasteiger partial charge in [0.1, 0.15) is 17.9 Å². The number of rotatable bonds is 7. The number of carboxylic acid groups (broad SMARTS) is 1. The van der Waals surface area contributed by atoms with Crippen molar-refractivity contribution >= 4 is 28.7 Å². The molecule has 0 heterocycles. The monoisotopic (exact) mass is 389 g/mol. The third-order valence-corrected chi connectivity index (χ3v) is 4.52. The van der Waals surface area contributed by atoms with Gasteiger partial charge in [-0.15, -0.1) is 0 Å². The van der Waals surface area contributed by atoms with Crippen LogP contribution in [-0.4, -0.2) is 29.1 Å². The Bertz CT molecular complexity index is 1050. The summed E-state index contributed by atoms with van der Waals surface area (Å²) in [6.45, 7) is 3.15. The summed E-state index contributed by atoms with van der Waals surface area (Å²) in [7, 11) is 0. The fourth-order valence-corrected chi connectivity index (χ4v) is 2.86. The maximum atomic E-state index is 12.8. The molecule has 29 heavy (non-hydrogen) atoms. The number of nitrogens with one attached hydrogen (secondary N) is 1. The number of carbonyl (C=O) groups is 2. The molecule has 3 aromatic rings. The van der Waals surface area contributed by atoms with Crippen LogP contribution < -0.4 is 10.1 Å². The number of aliphatic carboxylic acids is 1. The van der Waals surface area contributed by atoms with Gasteiger partial charge < -0.3 is 15.2 Å². The van der Waals surface area contributed by atoms with Crippen molar-refractivity contribution in [2.45, 2.75) is 19.4 Å². The number of benzene rings is 3. The Hall–Kier alpha value is -3.60. The fraction of sp³-hybridized carbons (Fsp3) is 0.167. The molecule has 0 saturated heterocycles. The summed E-state index contributed by atoms with van der Waals surface area (Å²) in [6, 6.07) is 20.9. The van der Waals surface area contributed by atoms with Crippen molar-refractivity contribution < 1.29 is 19.4 Å². The Morgan fingerprint density at radius 1 is 1.00 bits per heavy atom. The molecule has 0 atom stereocenters. The molecule has 0 fully saturated rings. The highest BCUT2D eigenvalue weighted by atomic mass is 16.5. The van der Waals surface area contributed by atoms with Gasteiger partial charge in [-0.2, -0.15) is 0 Å². The molecule has 0 aliphatic rings. The number of hydrogen-bond acceptors (Lipinski definition) is 3. The molecule has 0 spiro atoms. The van der Waals surface area contributed by atoms with Crippen molar-refractivity contribution in [3.05, 3.63) is 83.9 Å². The standard InChI is InChI=1S/C24H23NO4/c1-24(2,23(27)28)25-22(26)20-15-14-18-12-6-7-13-19(18)21(20)29-16-8-11-17-9-4-3-5-10-17/h3-15H,16H2,1-2H3,(H,25,26)(H,27,28). The van der Waals surface area contributed by atoms with Crippen molar-refractivity contribution in [2.75, 3.05) is 6.61 Å². The minimum absolute atomic E-state index is 0.269. The van der Waals surface area contributed by atoms with Gasteiger partial charge in [-0.3, -0.25) is 4.79 Å². The van der Waals surface area contributed by atoms with Crippen molar-refractivity contribution in [2.24, 2.45) is 0 Å². The lowest BCUT2D eigenvalue weighted by atomic mass is 10.0. The molecule has 3 rings (SSSR count). The molecule has 0 saturated carbocycles. The maximum Gasteiger partial charge on any atom is 0.328 e. The summed E-state index contributed by atoms with van der Waals surface area (Å²) in [5.74, 6) is -1.18. The SMILES string of the molecule is CC(C)(NC(=O)c1ccc2ccccc2c1OCC=Cc1ccccc1)C(=O)O. The van der Waals surface area contributed by atoms with E-state index in [1.807, 2.05) is 72.8 Å². The van der Waals surface area contributed by atoms with Crippen molar-refractivity contribution in [3.8, 4) is 5.75 Å². The topological polar surface area (TPSA) is 75.6 Å². The average Bonchev–Trinajstić information content (AvgIpc) is 2.71. The molecule has 3 aromatic carbocycles. The lowest BCUT2D eigenvalue weighted by Crippen LogP contribution is -2.49. The average molecular weight is 389 g/mol. The van der Waals surface area contributed by atoms with Gasteiger partial charge in [-0.05, 0) is 36.9 Å². The molecule has 0 aliphatic carbocycles.